The summed E-state index contributed by atoms with van der Waals surface area (Å²) in [4.78, 5) is 44.0. The van der Waals surface area contributed by atoms with Gasteiger partial charge in [0.05, 0.1) is 18.8 Å². The molecule has 0 rings (SSSR count). The fraction of sp³-hybridized carbons (Fsp3) is 0.800. The Kier molecular flexibility index (Phi) is 15.3. The molecule has 2 atom stereocenters. The van der Waals surface area contributed by atoms with Gasteiger partial charge in [-0.3, -0.25) is 23.7 Å². The molecule has 1 amide bonds. The summed E-state index contributed by atoms with van der Waals surface area (Å²) >= 11 is 0. The zero-order valence-corrected chi connectivity index (χ0v) is 19.0. The first kappa shape index (κ1) is 29.8. The van der Waals surface area contributed by atoms with Crippen molar-refractivity contribution in [3.05, 3.63) is 0 Å². The van der Waals surface area contributed by atoms with Gasteiger partial charge in [-0.2, -0.15) is 8.42 Å². The van der Waals surface area contributed by atoms with Crippen molar-refractivity contribution in [3.63, 3.8) is 0 Å². The molecule has 0 aromatic rings. The maximum Gasteiger partial charge on any atom is 0.324 e. The molecule has 32 heavy (non-hydrogen) atoms. The van der Waals surface area contributed by atoms with Crippen molar-refractivity contribution in [1.29, 1.82) is 0 Å². The molecule has 0 heterocycles. The summed E-state index contributed by atoms with van der Waals surface area (Å²) in [6.45, 7) is 0.301. The number of unbranched alkanes of at least 4 members (excludes halogenated alkanes) is 9. The van der Waals surface area contributed by atoms with Crippen LogP contribution < -0.4 is 5.32 Å². The van der Waals surface area contributed by atoms with Crippen LogP contribution in [0.5, 0.6) is 0 Å². The van der Waals surface area contributed by atoms with Crippen LogP contribution >= 0.6 is 0 Å². The van der Waals surface area contributed by atoms with E-state index in [0.717, 1.165) is 51.4 Å². The molecule has 2 unspecified atom stereocenters. The van der Waals surface area contributed by atoms with Gasteiger partial charge in [-0.05, 0) is 12.8 Å². The van der Waals surface area contributed by atoms with Crippen molar-refractivity contribution in [2.24, 2.45) is 5.92 Å². The van der Waals surface area contributed by atoms with E-state index in [1.807, 2.05) is 0 Å². The van der Waals surface area contributed by atoms with Crippen LogP contribution in [0, 0.1) is 5.92 Å². The quantitative estimate of drug-likeness (QED) is 0.127. The van der Waals surface area contributed by atoms with E-state index in [1.165, 1.54) is 0 Å². The highest BCUT2D eigenvalue weighted by molar-refractivity contribution is 7.87. The fourth-order valence-corrected chi connectivity index (χ4v) is 3.86. The molecule has 0 saturated heterocycles. The summed E-state index contributed by atoms with van der Waals surface area (Å²) < 4.78 is 30.7. The maximum atomic E-state index is 11.6. The maximum absolute atomic E-state index is 11.6. The van der Waals surface area contributed by atoms with Crippen molar-refractivity contribution in [3.8, 4) is 0 Å². The molecule has 0 spiro atoms. The highest BCUT2D eigenvalue weighted by atomic mass is 32.2. The standard InChI is InChI=1S/C20H35NO10S/c22-17(14-16(20(27)28)32(29,30)31)21-12-10-8-6-4-2-1-3-5-7-9-11-15(19(25)26)13-18(23)24/h15-16H,1-14H2,(H,21,22)(H,23,24)(H,25,26)(H,27,28)(H,29,30,31). The van der Waals surface area contributed by atoms with E-state index in [-0.39, 0.29) is 6.42 Å². The monoisotopic (exact) mass is 481 g/mol. The SMILES string of the molecule is O=C(O)CC(CCCCCCCCCCCCNC(=O)CC(C(=O)O)S(=O)(=O)O)C(=O)O. The van der Waals surface area contributed by atoms with Gasteiger partial charge in [0, 0.05) is 6.54 Å². The Bertz CT molecular complexity index is 707. The predicted molar refractivity (Wildman–Crippen MR) is 115 cm³/mol. The lowest BCUT2D eigenvalue weighted by atomic mass is 9.97. The summed E-state index contributed by atoms with van der Waals surface area (Å²) in [6.07, 6.45) is 8.44. The minimum Gasteiger partial charge on any atom is -0.481 e. The summed E-state index contributed by atoms with van der Waals surface area (Å²) in [5, 5.41) is 26.7. The van der Waals surface area contributed by atoms with Gasteiger partial charge in [-0.15, -0.1) is 0 Å². The Balaban J connectivity index is 3.63. The number of hydrogen-bond acceptors (Lipinski definition) is 6. The molecule has 0 aromatic heterocycles. The lowest BCUT2D eigenvalue weighted by Crippen LogP contribution is -2.36. The van der Waals surface area contributed by atoms with Crippen LogP contribution in [-0.2, 0) is 29.3 Å². The second-order valence-electron chi connectivity index (χ2n) is 7.85. The molecule has 0 aliphatic heterocycles. The van der Waals surface area contributed by atoms with E-state index in [0.29, 0.717) is 25.8 Å². The normalized spacial score (nSPS) is 13.3. The average Bonchev–Trinajstić information content (AvgIpc) is 2.67. The van der Waals surface area contributed by atoms with Gasteiger partial charge < -0.3 is 20.6 Å². The molecule has 186 valence electrons. The Morgan fingerprint density at radius 1 is 0.688 bits per heavy atom. The predicted octanol–water partition coefficient (Wildman–Crippen LogP) is 2.30. The summed E-state index contributed by atoms with van der Waals surface area (Å²) in [5.74, 6) is -5.49. The Morgan fingerprint density at radius 2 is 1.16 bits per heavy atom. The van der Waals surface area contributed by atoms with Crippen molar-refractivity contribution in [1.82, 2.24) is 5.32 Å². The number of carboxylic acids is 3. The second kappa shape index (κ2) is 16.4. The average molecular weight is 482 g/mol. The Labute approximate surface area is 188 Å². The first-order valence-corrected chi connectivity index (χ1v) is 12.4. The molecular weight excluding hydrogens is 446 g/mol. The third kappa shape index (κ3) is 15.6. The van der Waals surface area contributed by atoms with Crippen LogP contribution in [0.1, 0.15) is 83.5 Å². The number of carbonyl (C=O) groups excluding carboxylic acids is 1. The van der Waals surface area contributed by atoms with Crippen molar-refractivity contribution in [2.45, 2.75) is 88.7 Å². The van der Waals surface area contributed by atoms with Crippen molar-refractivity contribution < 1.29 is 47.5 Å². The highest BCUT2D eigenvalue weighted by Gasteiger charge is 2.33. The zero-order chi connectivity index (χ0) is 24.6. The summed E-state index contributed by atoms with van der Waals surface area (Å²) in [6, 6.07) is 0. The van der Waals surface area contributed by atoms with E-state index < -0.39 is 51.5 Å². The molecule has 0 aliphatic rings. The van der Waals surface area contributed by atoms with Gasteiger partial charge in [0.15, 0.2) is 5.25 Å². The topological polar surface area (TPSA) is 195 Å². The molecule has 0 bridgehead atoms. The van der Waals surface area contributed by atoms with Gasteiger partial charge in [0.2, 0.25) is 5.91 Å². The first-order valence-electron chi connectivity index (χ1n) is 10.9. The molecule has 0 aliphatic carbocycles. The van der Waals surface area contributed by atoms with E-state index >= 15 is 0 Å². The van der Waals surface area contributed by atoms with Crippen molar-refractivity contribution >= 4 is 33.9 Å². The number of amides is 1. The van der Waals surface area contributed by atoms with Crippen LogP contribution in [0.3, 0.4) is 0 Å². The van der Waals surface area contributed by atoms with E-state index in [2.05, 4.69) is 5.32 Å². The second-order valence-corrected chi connectivity index (χ2v) is 9.45. The Hall–Kier alpha value is -2.21. The molecule has 0 saturated carbocycles. The van der Waals surface area contributed by atoms with Gasteiger partial charge in [0.25, 0.3) is 10.1 Å². The number of carbonyl (C=O) groups is 4. The van der Waals surface area contributed by atoms with Crippen LogP contribution in [0.25, 0.3) is 0 Å². The third-order valence-corrected chi connectivity index (χ3v) is 6.16. The van der Waals surface area contributed by atoms with Gasteiger partial charge in [-0.25, -0.2) is 0 Å². The summed E-state index contributed by atoms with van der Waals surface area (Å²) in [7, 11) is -4.83. The molecule has 5 N–H and O–H groups in total. The number of rotatable bonds is 20. The molecule has 0 radical (unpaired) electrons. The molecule has 12 heteroatoms. The minimum atomic E-state index is -4.83. The molecule has 0 aromatic carbocycles. The Morgan fingerprint density at radius 3 is 1.56 bits per heavy atom. The lowest BCUT2D eigenvalue weighted by molar-refractivity contribution is -0.148. The number of carboxylic acid groups (broad SMARTS) is 3. The first-order chi connectivity index (χ1) is 14.9. The fourth-order valence-electron chi connectivity index (χ4n) is 3.24. The van der Waals surface area contributed by atoms with E-state index in [9.17, 15) is 27.6 Å². The lowest BCUT2D eigenvalue weighted by Gasteiger charge is -2.10. The van der Waals surface area contributed by atoms with Crippen LogP contribution in [0.2, 0.25) is 0 Å². The van der Waals surface area contributed by atoms with Gasteiger partial charge >= 0.3 is 17.9 Å². The van der Waals surface area contributed by atoms with Gasteiger partial charge in [-0.1, -0.05) is 57.8 Å². The van der Waals surface area contributed by atoms with Crippen molar-refractivity contribution in [2.75, 3.05) is 6.54 Å². The number of hydrogen-bond donors (Lipinski definition) is 5. The zero-order valence-electron chi connectivity index (χ0n) is 18.2. The van der Waals surface area contributed by atoms with Gasteiger partial charge in [0.1, 0.15) is 0 Å². The summed E-state index contributed by atoms with van der Waals surface area (Å²) in [5.41, 5.74) is 0. The van der Waals surface area contributed by atoms with E-state index in [4.69, 9.17) is 19.9 Å². The van der Waals surface area contributed by atoms with Crippen LogP contribution in [-0.4, -0.2) is 63.9 Å². The molecule has 0 fully saturated rings. The van der Waals surface area contributed by atoms with E-state index in [1.54, 1.807) is 0 Å². The molecule has 11 nitrogen and oxygen atoms in total. The van der Waals surface area contributed by atoms with Crippen LogP contribution in [0.4, 0.5) is 0 Å². The molecular formula is C20H35NO10S. The smallest absolute Gasteiger partial charge is 0.324 e. The number of nitrogens with one attached hydrogen (secondary N) is 1. The largest absolute Gasteiger partial charge is 0.481 e. The highest BCUT2D eigenvalue weighted by Crippen LogP contribution is 2.16. The minimum absolute atomic E-state index is 0.301. The number of aliphatic carboxylic acids is 3. The van der Waals surface area contributed by atoms with Crippen LogP contribution in [0.15, 0.2) is 0 Å². The third-order valence-electron chi connectivity index (χ3n) is 5.08.